The zero-order valence-electron chi connectivity index (χ0n) is 90.9. The Hall–Kier alpha value is -8.11. The Labute approximate surface area is 627 Å². The van der Waals surface area contributed by atoms with Gasteiger partial charge in [0.1, 0.15) is 5.82 Å². The molecule has 0 bridgehead atoms. The second-order valence-electron chi connectivity index (χ2n) is 27.1. The number of hydrogen-bond acceptors (Lipinski definition) is 2. The molecule has 0 aliphatic heterocycles. The molecule has 0 N–H and O–H groups in total. The van der Waals surface area contributed by atoms with Crippen molar-refractivity contribution in [2.24, 2.45) is 0 Å². The summed E-state index contributed by atoms with van der Waals surface area (Å²) in [6, 6.07) is 37.7. The molecule has 0 saturated carbocycles. The van der Waals surface area contributed by atoms with Gasteiger partial charge in [0.2, 0.25) is 0 Å². The van der Waals surface area contributed by atoms with E-state index in [2.05, 4.69) is 45.3 Å². The van der Waals surface area contributed by atoms with Crippen molar-refractivity contribution in [3.05, 3.63) is 245 Å². The molecule has 480 valence electrons. The van der Waals surface area contributed by atoms with Crippen molar-refractivity contribution in [1.82, 2.24) is 14.1 Å². The van der Waals surface area contributed by atoms with Gasteiger partial charge in [0.15, 0.2) is 0 Å². The molecule has 0 amide bonds. The van der Waals surface area contributed by atoms with Gasteiger partial charge in [0.05, 0.1) is 24.9 Å². The molecule has 12 aromatic rings. The van der Waals surface area contributed by atoms with E-state index in [0.29, 0.717) is 28.0 Å². The number of rotatable bonds is 9. The Kier molecular flexibility index (Phi) is 8.23. The normalized spacial score (nSPS) is 24.9. The zero-order chi connectivity index (χ0) is 97.9. The summed E-state index contributed by atoms with van der Waals surface area (Å²) in [5, 5.41) is 1.57. The number of pyridine rings is 1. The maximum absolute atomic E-state index is 10.7. The van der Waals surface area contributed by atoms with Crippen LogP contribution in [-0.4, -0.2) is 14.1 Å². The van der Waals surface area contributed by atoms with Gasteiger partial charge in [-0.2, -0.15) is 17.7 Å². The SMILES string of the molecule is [2H]c1c([2H])c2c(c([2H])c1-c1cccc(-c3c([2H])c([2H])c4c(c3[2H])C(C([2H])([2H])[2H])(C([2H])([2H])[2H])C([2H])([2H])C([2H])([2H])C4(C([2H])([2H])[2H])C([2H])([2H])[2H])c1-[n+]1[c-]n(-c3[c-]c(Oc4[c-]c5c(cc4)c4cc(-c6ccccc6)ccc4n5-c4cc(C(C)(C)C)ccn4)cc(C(C)(C)C)c3)c3cc(-c4ccc(C(C)(C)C)cc4)ccc31)C(C([2H])([2H])[2H])(C([2H])([2H])[2H])C([2H])([2H])C([2H])([2H])C2(C([2H])([2H])[2H])C([2H])([2H])[2H].[Pt]. The summed E-state index contributed by atoms with van der Waals surface area (Å²) >= 11 is 0. The van der Waals surface area contributed by atoms with Crippen molar-refractivity contribution < 1.29 is 82.5 Å². The number of fused-ring (bicyclic) bond motifs is 6. The summed E-state index contributed by atoms with van der Waals surface area (Å²) in [5.41, 5.74) is -27.3. The van der Waals surface area contributed by atoms with Gasteiger partial charge >= 0.3 is 0 Å². The van der Waals surface area contributed by atoms with Crippen LogP contribution in [0.3, 0.4) is 0 Å². The van der Waals surface area contributed by atoms with Crippen molar-refractivity contribution >= 4 is 32.8 Å². The van der Waals surface area contributed by atoms with E-state index in [1.807, 2.05) is 131 Å². The van der Waals surface area contributed by atoms with E-state index in [1.165, 1.54) is 10.6 Å². The number of para-hydroxylation sites is 1. The first-order chi connectivity index (χ1) is 59.5. The van der Waals surface area contributed by atoms with Gasteiger partial charge in [-0.25, -0.2) is 4.98 Å². The van der Waals surface area contributed by atoms with Crippen LogP contribution in [0.15, 0.2) is 188 Å². The van der Waals surface area contributed by atoms with Crippen LogP contribution in [0.1, 0.15) is 234 Å². The standard InChI is InChI=1S/C88H90N4O.Pt/c1-82(2,3)62-32-26-57(27-33-62)59-31-39-77-79(49-59)90(55-91(77)81-68(60-28-36-72-74(47-60)87(14,15)43-41-85(72,10)11)24-21-25-69(81)61-29-37-73-75(48-61)88(16,17)44-42-86(73,12)13)65-50-64(84(7,8)9)51-67(53-65)93-66-34-35-70-71-46-58(56-22-19-18-20-23-56)30-38-76(71)92(78(70)54-66)80-52-63(40-45-89-80)83(4,5)6;/h18-40,45-52H,41-44H2,1-17H3;/q-2;/i10D3,11D3,12D3,13D3,14D3,15D3,16D3,17D3,28D,29D,36D,37D,41D2,42D2,43D2,44D2,47D,48D;. The first kappa shape index (κ1) is 33.5. The van der Waals surface area contributed by atoms with Crippen LogP contribution in [0.4, 0.5) is 0 Å². The van der Waals surface area contributed by atoms with E-state index in [1.54, 1.807) is 36.5 Å². The van der Waals surface area contributed by atoms with Gasteiger partial charge in [-0.15, -0.1) is 29.7 Å². The molecule has 94 heavy (non-hydrogen) atoms. The minimum atomic E-state index is -4.89. The summed E-state index contributed by atoms with van der Waals surface area (Å²) < 4.78 is 371. The van der Waals surface area contributed by atoms with E-state index < -0.39 is 199 Å². The summed E-state index contributed by atoms with van der Waals surface area (Å²) in [4.78, 5) is 4.90. The molecular formula is C88H90N4OPt-2. The third-order valence-corrected chi connectivity index (χ3v) is 17.3. The van der Waals surface area contributed by atoms with Gasteiger partial charge in [-0.3, -0.25) is 4.57 Å². The maximum atomic E-state index is 10.7. The summed E-state index contributed by atoms with van der Waals surface area (Å²) in [6.07, 6.45) is -14.5. The Morgan fingerprint density at radius 1 is 0.489 bits per heavy atom. The number of benzene rings is 9. The topological polar surface area (TPSA) is 35.9 Å². The third-order valence-electron chi connectivity index (χ3n) is 17.3. The van der Waals surface area contributed by atoms with Crippen molar-refractivity contribution in [3.63, 3.8) is 0 Å². The molecule has 2 aliphatic carbocycles. The Morgan fingerprint density at radius 3 is 1.65 bits per heavy atom. The van der Waals surface area contributed by atoms with Crippen molar-refractivity contribution in [3.8, 4) is 73.2 Å². The fourth-order valence-corrected chi connectivity index (χ4v) is 12.1. The molecule has 0 fully saturated rings. The molecule has 0 unspecified atom stereocenters. The average Bonchev–Trinajstić information content (AvgIpc) is 0.713. The summed E-state index contributed by atoms with van der Waals surface area (Å²) in [6.45, 7) is -18.9. The fraction of sp³-hybridized carbons (Fsp3) is 0.318. The Morgan fingerprint density at radius 2 is 1.05 bits per heavy atom. The molecule has 5 nitrogen and oxygen atoms in total. The molecule has 0 saturated heterocycles. The van der Waals surface area contributed by atoms with Crippen LogP contribution in [0, 0.1) is 18.5 Å². The van der Waals surface area contributed by atoms with Gasteiger partial charge in [-0.1, -0.05) is 256 Å². The average molecular weight is 1450 g/mol. The van der Waals surface area contributed by atoms with Crippen LogP contribution in [-0.2, 0) is 59.0 Å². The minimum absolute atomic E-state index is 0. The van der Waals surface area contributed by atoms with E-state index in [-0.39, 0.29) is 54.7 Å². The van der Waals surface area contributed by atoms with Crippen LogP contribution in [0.5, 0.6) is 11.5 Å². The Bertz CT molecular complexity index is 6420. The van der Waals surface area contributed by atoms with Crippen molar-refractivity contribution in [2.45, 2.75) is 181 Å². The molecule has 0 radical (unpaired) electrons. The van der Waals surface area contributed by atoms with Gasteiger partial charge in [-0.05, 0) is 177 Å². The quantitative estimate of drug-likeness (QED) is 0.107. The zero-order valence-corrected chi connectivity index (χ0v) is 55.2. The first-order valence-electron chi connectivity index (χ1n) is 49.4. The number of imidazole rings is 1. The monoisotopic (exact) mass is 1450 g/mol. The Balaban J connectivity index is 0.0000148. The molecule has 2 aliphatic rings. The van der Waals surface area contributed by atoms with Gasteiger partial charge in [0.25, 0.3) is 6.33 Å². The second kappa shape index (κ2) is 23.1. The van der Waals surface area contributed by atoms with E-state index in [0.717, 1.165) is 61.3 Å². The number of ether oxygens (including phenoxy) is 1. The van der Waals surface area contributed by atoms with Crippen LogP contribution < -0.4 is 9.30 Å². The molecule has 3 aromatic heterocycles. The molecular weight excluding hydrogens is 1320 g/mol. The molecule has 0 atom stereocenters. The predicted octanol–water partition coefficient (Wildman–Crippen LogP) is 22.8. The fourth-order valence-electron chi connectivity index (χ4n) is 12.1. The number of nitrogens with zero attached hydrogens (tertiary/aromatic N) is 4. The smallest absolute Gasteiger partial charge is 0.268 e. The van der Waals surface area contributed by atoms with Crippen molar-refractivity contribution in [1.29, 1.82) is 0 Å². The van der Waals surface area contributed by atoms with Crippen LogP contribution in [0.25, 0.3) is 94.5 Å². The molecule has 9 aromatic carbocycles. The van der Waals surface area contributed by atoms with E-state index in [9.17, 15) is 35.6 Å². The first-order valence-corrected chi connectivity index (χ1v) is 30.4. The largest absolute Gasteiger partial charge is 0.510 e. The van der Waals surface area contributed by atoms with Crippen molar-refractivity contribution in [2.75, 3.05) is 0 Å². The maximum Gasteiger partial charge on any atom is 0.268 e. The summed E-state index contributed by atoms with van der Waals surface area (Å²) in [5.74, 6) is 0.641. The number of aromatic nitrogens is 4. The third kappa shape index (κ3) is 11.6. The second-order valence-corrected chi connectivity index (χ2v) is 27.1. The molecule has 6 heteroatoms. The van der Waals surface area contributed by atoms with Gasteiger partial charge in [0, 0.05) is 88.1 Å². The number of hydrogen-bond donors (Lipinski definition) is 0. The van der Waals surface area contributed by atoms with Gasteiger partial charge < -0.3 is 13.9 Å². The molecule has 3 heterocycles. The summed E-state index contributed by atoms with van der Waals surface area (Å²) in [7, 11) is 0. The van der Waals surface area contributed by atoms with Crippen LogP contribution in [0.2, 0.25) is 0 Å². The van der Waals surface area contributed by atoms with E-state index in [4.69, 9.17) is 26.2 Å². The van der Waals surface area contributed by atoms with Crippen LogP contribution >= 0.6 is 0 Å². The molecule has 14 rings (SSSR count). The molecule has 0 spiro atoms. The minimum Gasteiger partial charge on any atom is -0.510 e. The van der Waals surface area contributed by atoms with E-state index >= 15 is 0 Å². The predicted molar refractivity (Wildman–Crippen MR) is 388 cm³/mol.